The second-order valence-corrected chi connectivity index (χ2v) is 6.86. The van der Waals surface area contributed by atoms with Gasteiger partial charge >= 0.3 is 5.97 Å². The van der Waals surface area contributed by atoms with Gasteiger partial charge in [0.15, 0.2) is 11.2 Å². The standard InChI is InChI=1S/C17H21N5O3/c1-20-4-6-21(7-5-20)16-12(18)8-11-14(23)9-13(17(24)25)22(10-2-3-10)15(11)19-16/h8-10H,2-7,18H2,1H3,(H,24,25). The second kappa shape index (κ2) is 5.73. The Bertz CT molecular complexity index is 911. The van der Waals surface area contributed by atoms with Crippen molar-refractivity contribution in [3.05, 3.63) is 28.0 Å². The third-order valence-corrected chi connectivity index (χ3v) is 4.97. The number of nitrogens with two attached hydrogens (primary N) is 1. The average Bonchev–Trinajstić information content (AvgIpc) is 3.40. The number of carboxylic acid groups (broad SMARTS) is 1. The molecule has 3 N–H and O–H groups in total. The Morgan fingerprint density at radius 1 is 1.24 bits per heavy atom. The molecule has 0 aromatic carbocycles. The maximum atomic E-state index is 12.4. The van der Waals surface area contributed by atoms with Crippen LogP contribution in [0.5, 0.6) is 0 Å². The predicted molar refractivity (Wildman–Crippen MR) is 95.4 cm³/mol. The second-order valence-electron chi connectivity index (χ2n) is 6.86. The molecule has 132 valence electrons. The van der Waals surface area contributed by atoms with E-state index in [-0.39, 0.29) is 17.2 Å². The third kappa shape index (κ3) is 2.72. The minimum atomic E-state index is -1.11. The highest BCUT2D eigenvalue weighted by molar-refractivity contribution is 5.91. The molecule has 0 unspecified atom stereocenters. The zero-order valence-electron chi connectivity index (χ0n) is 14.1. The number of carbonyl (C=O) groups is 1. The molecule has 3 heterocycles. The number of hydrogen-bond donors (Lipinski definition) is 2. The Morgan fingerprint density at radius 2 is 1.92 bits per heavy atom. The van der Waals surface area contributed by atoms with Crippen molar-refractivity contribution in [2.45, 2.75) is 18.9 Å². The summed E-state index contributed by atoms with van der Waals surface area (Å²) in [6.45, 7) is 3.41. The van der Waals surface area contributed by atoms with Crippen molar-refractivity contribution in [1.82, 2.24) is 14.5 Å². The van der Waals surface area contributed by atoms with Crippen LogP contribution in [0.4, 0.5) is 11.5 Å². The summed E-state index contributed by atoms with van der Waals surface area (Å²) in [6.07, 6.45) is 1.79. The summed E-state index contributed by atoms with van der Waals surface area (Å²) in [7, 11) is 2.07. The van der Waals surface area contributed by atoms with Gasteiger partial charge in [0, 0.05) is 38.3 Å². The number of fused-ring (bicyclic) bond motifs is 1. The van der Waals surface area contributed by atoms with Gasteiger partial charge in [0.2, 0.25) is 0 Å². The Hall–Kier alpha value is -2.61. The number of nitrogen functional groups attached to an aromatic ring is 1. The van der Waals surface area contributed by atoms with E-state index >= 15 is 0 Å². The van der Waals surface area contributed by atoms with Crippen molar-refractivity contribution in [2.75, 3.05) is 43.9 Å². The van der Waals surface area contributed by atoms with Gasteiger partial charge in [-0.25, -0.2) is 9.78 Å². The summed E-state index contributed by atoms with van der Waals surface area (Å²) in [5.74, 6) is -0.470. The molecule has 2 aliphatic rings. The van der Waals surface area contributed by atoms with E-state index in [1.165, 1.54) is 6.07 Å². The van der Waals surface area contributed by atoms with Crippen LogP contribution in [0.15, 0.2) is 16.9 Å². The van der Waals surface area contributed by atoms with Crippen LogP contribution in [-0.4, -0.2) is 58.8 Å². The van der Waals surface area contributed by atoms with E-state index in [4.69, 9.17) is 5.73 Å². The monoisotopic (exact) mass is 343 g/mol. The molecule has 25 heavy (non-hydrogen) atoms. The largest absolute Gasteiger partial charge is 0.477 e. The topological polar surface area (TPSA) is 105 Å². The zero-order valence-corrected chi connectivity index (χ0v) is 14.1. The quantitative estimate of drug-likeness (QED) is 0.848. The van der Waals surface area contributed by atoms with Crippen molar-refractivity contribution in [3.8, 4) is 0 Å². The molecular weight excluding hydrogens is 322 g/mol. The fraction of sp³-hybridized carbons (Fsp3) is 0.471. The highest BCUT2D eigenvalue weighted by atomic mass is 16.4. The van der Waals surface area contributed by atoms with Gasteiger partial charge in [-0.1, -0.05) is 0 Å². The number of pyridine rings is 2. The number of aromatic carboxylic acids is 1. The molecular formula is C17H21N5O3. The first-order valence-electron chi connectivity index (χ1n) is 8.48. The van der Waals surface area contributed by atoms with E-state index in [9.17, 15) is 14.7 Å². The van der Waals surface area contributed by atoms with Crippen molar-refractivity contribution in [2.24, 2.45) is 0 Å². The summed E-state index contributed by atoms with van der Waals surface area (Å²) in [4.78, 5) is 33.0. The number of hydrogen-bond acceptors (Lipinski definition) is 6. The van der Waals surface area contributed by atoms with Crippen LogP contribution >= 0.6 is 0 Å². The van der Waals surface area contributed by atoms with Gasteiger partial charge in [0.25, 0.3) is 0 Å². The molecule has 1 saturated carbocycles. The Kier molecular flexibility index (Phi) is 3.64. The number of nitrogens with zero attached hydrogens (tertiary/aromatic N) is 4. The van der Waals surface area contributed by atoms with Crippen LogP contribution in [0.3, 0.4) is 0 Å². The van der Waals surface area contributed by atoms with E-state index in [0.717, 1.165) is 39.0 Å². The summed E-state index contributed by atoms with van der Waals surface area (Å²) >= 11 is 0. The van der Waals surface area contributed by atoms with Crippen LogP contribution in [0.2, 0.25) is 0 Å². The van der Waals surface area contributed by atoms with Gasteiger partial charge in [-0.3, -0.25) is 4.79 Å². The Balaban J connectivity index is 1.92. The lowest BCUT2D eigenvalue weighted by Gasteiger charge is -2.34. The minimum Gasteiger partial charge on any atom is -0.477 e. The van der Waals surface area contributed by atoms with Crippen LogP contribution in [0, 0.1) is 0 Å². The van der Waals surface area contributed by atoms with Crippen molar-refractivity contribution in [3.63, 3.8) is 0 Å². The zero-order chi connectivity index (χ0) is 17.7. The fourth-order valence-electron chi connectivity index (χ4n) is 3.40. The summed E-state index contributed by atoms with van der Waals surface area (Å²) in [6, 6.07) is 2.91. The van der Waals surface area contributed by atoms with E-state index in [0.29, 0.717) is 22.5 Å². The molecule has 2 fully saturated rings. The lowest BCUT2D eigenvalue weighted by Crippen LogP contribution is -2.45. The van der Waals surface area contributed by atoms with Crippen LogP contribution in [-0.2, 0) is 0 Å². The summed E-state index contributed by atoms with van der Waals surface area (Å²) in [5, 5.41) is 9.88. The summed E-state index contributed by atoms with van der Waals surface area (Å²) < 4.78 is 1.69. The van der Waals surface area contributed by atoms with Crippen molar-refractivity contribution >= 4 is 28.5 Å². The van der Waals surface area contributed by atoms with Gasteiger partial charge in [0.05, 0.1) is 11.1 Å². The van der Waals surface area contributed by atoms with Gasteiger partial charge in [-0.2, -0.15) is 0 Å². The minimum absolute atomic E-state index is 0.00148. The molecule has 0 radical (unpaired) electrons. The SMILES string of the molecule is CN1CCN(c2nc3c(cc2N)c(=O)cc(C(=O)O)n3C2CC2)CC1. The molecule has 1 saturated heterocycles. The van der Waals surface area contributed by atoms with Gasteiger partial charge in [0.1, 0.15) is 11.3 Å². The molecule has 0 amide bonds. The number of aromatic nitrogens is 2. The highest BCUT2D eigenvalue weighted by Gasteiger charge is 2.30. The van der Waals surface area contributed by atoms with Crippen LogP contribution in [0.1, 0.15) is 29.4 Å². The van der Waals surface area contributed by atoms with Crippen LogP contribution in [0.25, 0.3) is 11.0 Å². The summed E-state index contributed by atoms with van der Waals surface area (Å²) in [5.41, 5.74) is 6.71. The molecule has 2 aromatic heterocycles. The van der Waals surface area contributed by atoms with Crippen molar-refractivity contribution in [1.29, 1.82) is 0 Å². The van der Waals surface area contributed by atoms with Crippen LogP contribution < -0.4 is 16.1 Å². The lowest BCUT2D eigenvalue weighted by molar-refractivity contribution is 0.0684. The fourth-order valence-corrected chi connectivity index (χ4v) is 3.40. The number of rotatable bonds is 3. The number of anilines is 2. The first kappa shape index (κ1) is 15.9. The number of likely N-dealkylation sites (N-methyl/N-ethyl adjacent to an activating group) is 1. The smallest absolute Gasteiger partial charge is 0.352 e. The highest BCUT2D eigenvalue weighted by Crippen LogP contribution is 2.38. The maximum Gasteiger partial charge on any atom is 0.352 e. The lowest BCUT2D eigenvalue weighted by atomic mass is 10.2. The molecule has 0 bridgehead atoms. The molecule has 1 aliphatic heterocycles. The first-order chi connectivity index (χ1) is 12.0. The van der Waals surface area contributed by atoms with Gasteiger partial charge in [-0.15, -0.1) is 0 Å². The molecule has 0 spiro atoms. The molecule has 2 aromatic rings. The normalized spacial score (nSPS) is 18.7. The molecule has 8 heteroatoms. The number of piperazine rings is 1. The van der Waals surface area contributed by atoms with E-state index in [1.54, 1.807) is 10.6 Å². The van der Waals surface area contributed by atoms with Gasteiger partial charge in [-0.05, 0) is 26.0 Å². The molecule has 0 atom stereocenters. The van der Waals surface area contributed by atoms with Gasteiger partial charge < -0.3 is 25.2 Å². The first-order valence-corrected chi connectivity index (χ1v) is 8.48. The molecule has 8 nitrogen and oxygen atoms in total. The molecule has 4 rings (SSSR count). The van der Waals surface area contributed by atoms with E-state index in [2.05, 4.69) is 21.8 Å². The third-order valence-electron chi connectivity index (χ3n) is 4.97. The Morgan fingerprint density at radius 3 is 2.52 bits per heavy atom. The Labute approximate surface area is 144 Å². The number of carboxylic acids is 1. The maximum absolute atomic E-state index is 12.4. The van der Waals surface area contributed by atoms with E-state index < -0.39 is 5.97 Å². The average molecular weight is 343 g/mol. The van der Waals surface area contributed by atoms with Crippen molar-refractivity contribution < 1.29 is 9.90 Å². The molecule has 1 aliphatic carbocycles. The van der Waals surface area contributed by atoms with E-state index in [1.807, 2.05) is 0 Å². The predicted octanol–water partition coefficient (Wildman–Crippen LogP) is 0.764.